The molecule has 1 aliphatic rings. The van der Waals surface area contributed by atoms with Gasteiger partial charge in [-0.25, -0.2) is 0 Å². The zero-order valence-electron chi connectivity index (χ0n) is 9.19. The lowest BCUT2D eigenvalue weighted by atomic mass is 9.88. The molecule has 0 spiro atoms. The van der Waals surface area contributed by atoms with Crippen LogP contribution in [-0.4, -0.2) is 19.0 Å². The van der Waals surface area contributed by atoms with Gasteiger partial charge in [0.2, 0.25) is 0 Å². The smallest absolute Gasteiger partial charge is 0.168 e. The maximum absolute atomic E-state index is 11.6. The Kier molecular flexibility index (Phi) is 2.87. The molecule has 1 heterocycles. The van der Waals surface area contributed by atoms with Crippen LogP contribution in [0.1, 0.15) is 36.8 Å². The molecule has 1 saturated heterocycles. The summed E-state index contributed by atoms with van der Waals surface area (Å²) < 4.78 is 5.21. The number of hydrogen-bond donors (Lipinski definition) is 0. The molecule has 1 atom stereocenters. The molecule has 15 heavy (non-hydrogen) atoms. The van der Waals surface area contributed by atoms with E-state index < -0.39 is 0 Å². The fourth-order valence-corrected chi connectivity index (χ4v) is 2.09. The Morgan fingerprint density at radius 1 is 1.33 bits per heavy atom. The average molecular weight is 204 g/mol. The first kappa shape index (κ1) is 10.4. The monoisotopic (exact) mass is 204 g/mol. The summed E-state index contributed by atoms with van der Waals surface area (Å²) in [5, 5.41) is 0. The van der Waals surface area contributed by atoms with Gasteiger partial charge >= 0.3 is 0 Å². The van der Waals surface area contributed by atoms with Crippen molar-refractivity contribution in [3.8, 4) is 0 Å². The lowest BCUT2D eigenvalue weighted by molar-refractivity contribution is -0.118. The minimum atomic E-state index is -0.0383. The Hall–Kier alpha value is -1.15. The van der Waals surface area contributed by atoms with E-state index in [1.165, 1.54) is 5.56 Å². The molecule has 1 aromatic carbocycles. The van der Waals surface area contributed by atoms with Crippen molar-refractivity contribution in [3.05, 3.63) is 35.4 Å². The molecule has 0 radical (unpaired) electrons. The fourth-order valence-electron chi connectivity index (χ4n) is 2.09. The molecule has 0 amide bonds. The van der Waals surface area contributed by atoms with Crippen molar-refractivity contribution in [2.75, 3.05) is 13.2 Å². The summed E-state index contributed by atoms with van der Waals surface area (Å²) in [5.41, 5.74) is 2.41. The Balaban J connectivity index is 2.38. The third kappa shape index (κ3) is 1.95. The summed E-state index contributed by atoms with van der Waals surface area (Å²) in [6, 6.07) is 8.17. The average Bonchev–Trinajstić information content (AvgIpc) is 2.64. The van der Waals surface area contributed by atoms with Gasteiger partial charge in [-0.1, -0.05) is 38.1 Å². The second kappa shape index (κ2) is 4.15. The molecule has 1 fully saturated rings. The van der Waals surface area contributed by atoms with Crippen LogP contribution in [0.4, 0.5) is 0 Å². The third-order valence-corrected chi connectivity index (χ3v) is 2.91. The molecule has 1 aromatic rings. The molecule has 0 bridgehead atoms. The van der Waals surface area contributed by atoms with Crippen LogP contribution in [0.25, 0.3) is 0 Å². The summed E-state index contributed by atoms with van der Waals surface area (Å²) in [5.74, 6) is 0.626. The summed E-state index contributed by atoms with van der Waals surface area (Å²) in [6.45, 7) is 5.12. The number of ether oxygens (including phenoxy) is 1. The van der Waals surface area contributed by atoms with E-state index in [-0.39, 0.29) is 18.3 Å². The summed E-state index contributed by atoms with van der Waals surface area (Å²) in [4.78, 5) is 11.6. The topological polar surface area (TPSA) is 26.3 Å². The van der Waals surface area contributed by atoms with Crippen molar-refractivity contribution in [2.24, 2.45) is 0 Å². The summed E-state index contributed by atoms with van der Waals surface area (Å²) >= 11 is 0. The quantitative estimate of drug-likeness (QED) is 0.739. The molecule has 2 rings (SSSR count). The van der Waals surface area contributed by atoms with Crippen LogP contribution in [0.15, 0.2) is 24.3 Å². The Bertz CT molecular complexity index is 369. The van der Waals surface area contributed by atoms with Crippen molar-refractivity contribution in [1.29, 1.82) is 0 Å². The van der Waals surface area contributed by atoms with Crippen LogP contribution in [0.5, 0.6) is 0 Å². The van der Waals surface area contributed by atoms with Crippen molar-refractivity contribution in [1.82, 2.24) is 0 Å². The highest BCUT2D eigenvalue weighted by molar-refractivity contribution is 5.88. The van der Waals surface area contributed by atoms with E-state index >= 15 is 0 Å². The van der Waals surface area contributed by atoms with Gasteiger partial charge in [-0.05, 0) is 17.0 Å². The van der Waals surface area contributed by atoms with Gasteiger partial charge in [0, 0.05) is 0 Å². The molecule has 80 valence electrons. The van der Waals surface area contributed by atoms with Crippen molar-refractivity contribution >= 4 is 5.78 Å². The van der Waals surface area contributed by atoms with E-state index in [4.69, 9.17) is 4.74 Å². The first-order chi connectivity index (χ1) is 7.20. The van der Waals surface area contributed by atoms with E-state index in [2.05, 4.69) is 19.9 Å². The fraction of sp³-hybridized carbons (Fsp3) is 0.462. The van der Waals surface area contributed by atoms with Gasteiger partial charge in [-0.3, -0.25) is 4.79 Å². The van der Waals surface area contributed by atoms with Crippen LogP contribution in [0.3, 0.4) is 0 Å². The van der Waals surface area contributed by atoms with E-state index in [0.29, 0.717) is 12.5 Å². The van der Waals surface area contributed by atoms with Gasteiger partial charge in [-0.15, -0.1) is 0 Å². The number of carbonyl (C=O) groups is 1. The molecule has 1 aliphatic heterocycles. The molecule has 0 N–H and O–H groups in total. The number of carbonyl (C=O) groups excluding carboxylic acids is 1. The maximum Gasteiger partial charge on any atom is 0.168 e. The summed E-state index contributed by atoms with van der Waals surface area (Å²) in [7, 11) is 0. The van der Waals surface area contributed by atoms with Gasteiger partial charge in [0.15, 0.2) is 5.78 Å². The van der Waals surface area contributed by atoms with Crippen LogP contribution in [-0.2, 0) is 9.53 Å². The van der Waals surface area contributed by atoms with Gasteiger partial charge in [0.05, 0.1) is 12.5 Å². The lowest BCUT2D eigenvalue weighted by Gasteiger charge is -2.15. The molecule has 2 heteroatoms. The lowest BCUT2D eigenvalue weighted by Crippen LogP contribution is -2.11. The minimum Gasteiger partial charge on any atom is -0.373 e. The first-order valence-electron chi connectivity index (χ1n) is 5.39. The van der Waals surface area contributed by atoms with Crippen molar-refractivity contribution < 1.29 is 9.53 Å². The van der Waals surface area contributed by atoms with E-state index in [9.17, 15) is 4.79 Å². The van der Waals surface area contributed by atoms with E-state index in [0.717, 1.165) is 5.56 Å². The highest BCUT2D eigenvalue weighted by Crippen LogP contribution is 2.29. The van der Waals surface area contributed by atoms with Gasteiger partial charge in [0.25, 0.3) is 0 Å². The predicted octanol–water partition coefficient (Wildman–Crippen LogP) is 2.49. The molecule has 0 aromatic heterocycles. The Labute approximate surface area is 90.3 Å². The number of benzene rings is 1. The second-order valence-corrected chi connectivity index (χ2v) is 4.32. The molecule has 0 saturated carbocycles. The number of ketones is 1. The molecule has 2 nitrogen and oxygen atoms in total. The largest absolute Gasteiger partial charge is 0.373 e. The first-order valence-corrected chi connectivity index (χ1v) is 5.39. The van der Waals surface area contributed by atoms with E-state index in [1.54, 1.807) is 0 Å². The van der Waals surface area contributed by atoms with Crippen molar-refractivity contribution in [3.63, 3.8) is 0 Å². The normalized spacial score (nSPS) is 21.3. The Morgan fingerprint density at radius 2 is 2.07 bits per heavy atom. The third-order valence-electron chi connectivity index (χ3n) is 2.91. The molecular formula is C13H16O2. The van der Waals surface area contributed by atoms with Gasteiger partial charge in [-0.2, -0.15) is 0 Å². The second-order valence-electron chi connectivity index (χ2n) is 4.32. The minimum absolute atomic E-state index is 0.0383. The van der Waals surface area contributed by atoms with Crippen LogP contribution < -0.4 is 0 Å². The summed E-state index contributed by atoms with van der Waals surface area (Å²) in [6.07, 6.45) is 0. The highest BCUT2D eigenvalue weighted by atomic mass is 16.5. The zero-order chi connectivity index (χ0) is 10.8. The van der Waals surface area contributed by atoms with Crippen molar-refractivity contribution in [2.45, 2.75) is 25.7 Å². The molecular weight excluding hydrogens is 188 g/mol. The molecule has 0 unspecified atom stereocenters. The zero-order valence-corrected chi connectivity index (χ0v) is 9.19. The predicted molar refractivity (Wildman–Crippen MR) is 59.1 cm³/mol. The van der Waals surface area contributed by atoms with Crippen LogP contribution in [0.2, 0.25) is 0 Å². The van der Waals surface area contributed by atoms with Crippen LogP contribution in [0, 0.1) is 0 Å². The van der Waals surface area contributed by atoms with Gasteiger partial charge < -0.3 is 4.74 Å². The van der Waals surface area contributed by atoms with E-state index in [1.807, 2.05) is 18.2 Å². The number of hydrogen-bond acceptors (Lipinski definition) is 2. The standard InChI is InChI=1S/C13H16O2/c1-9(2)10-5-3-4-6-11(10)12-7-15-8-13(12)14/h3-6,9,12H,7-8H2,1-2H3/t12-/m1/s1. The maximum atomic E-state index is 11.6. The number of Topliss-reactive ketones (excluding diaryl/α,β-unsaturated/α-hetero) is 1. The Morgan fingerprint density at radius 3 is 2.67 bits per heavy atom. The number of rotatable bonds is 2. The highest BCUT2D eigenvalue weighted by Gasteiger charge is 2.28. The SMILES string of the molecule is CC(C)c1ccccc1[C@H]1COCC1=O. The van der Waals surface area contributed by atoms with Gasteiger partial charge in [0.1, 0.15) is 6.61 Å². The molecule has 0 aliphatic carbocycles. The van der Waals surface area contributed by atoms with Crippen LogP contribution >= 0.6 is 0 Å².